The predicted octanol–water partition coefficient (Wildman–Crippen LogP) is 4.17. The number of halogens is 1. The lowest BCUT2D eigenvalue weighted by Crippen LogP contribution is -2.28. The molecule has 1 aromatic rings. The molecular weight excluding hydrogens is 392 g/mol. The molecule has 0 bridgehead atoms. The van der Waals surface area contributed by atoms with E-state index in [1.54, 1.807) is 12.0 Å². The van der Waals surface area contributed by atoms with Crippen LogP contribution in [-0.4, -0.2) is 42.8 Å². The van der Waals surface area contributed by atoms with E-state index in [0.29, 0.717) is 36.1 Å². The van der Waals surface area contributed by atoms with Gasteiger partial charge in [0.2, 0.25) is 0 Å². The van der Waals surface area contributed by atoms with E-state index in [2.05, 4.69) is 20.9 Å². The van der Waals surface area contributed by atoms with Crippen molar-refractivity contribution in [1.82, 2.24) is 4.90 Å². The lowest BCUT2D eigenvalue weighted by Gasteiger charge is -2.12. The Hall–Kier alpha value is -1.47. The largest absolute Gasteiger partial charge is 0.493 e. The molecule has 0 saturated carbocycles. The van der Waals surface area contributed by atoms with Crippen molar-refractivity contribution in [2.45, 2.75) is 20.8 Å². The van der Waals surface area contributed by atoms with Crippen molar-refractivity contribution >= 4 is 44.8 Å². The zero-order valence-corrected chi connectivity index (χ0v) is 16.7. The number of hydrogen-bond donors (Lipinski definition) is 0. The van der Waals surface area contributed by atoms with Gasteiger partial charge >= 0.3 is 0 Å². The monoisotopic (exact) mass is 412 g/mol. The van der Waals surface area contributed by atoms with Crippen LogP contribution in [-0.2, 0) is 4.79 Å². The summed E-state index contributed by atoms with van der Waals surface area (Å²) >= 11 is 4.91. The van der Waals surface area contributed by atoms with Crippen LogP contribution in [0.4, 0.5) is 0 Å². The molecule has 1 aromatic carbocycles. The van der Waals surface area contributed by atoms with Crippen molar-refractivity contribution in [2.75, 3.05) is 26.8 Å². The first-order chi connectivity index (χ1) is 11.5. The van der Waals surface area contributed by atoms with Crippen LogP contribution >= 0.6 is 27.7 Å². The highest BCUT2D eigenvalue weighted by atomic mass is 79.9. The lowest BCUT2D eigenvalue weighted by molar-refractivity contribution is -0.122. The van der Waals surface area contributed by atoms with Gasteiger partial charge in [0, 0.05) is 13.1 Å². The number of likely N-dealkylation sites (N-methyl/N-ethyl adjacent to an activating group) is 1. The fourth-order valence-electron chi connectivity index (χ4n) is 2.30. The van der Waals surface area contributed by atoms with E-state index < -0.39 is 0 Å². The number of nitrogens with zero attached hydrogens (tertiary/aromatic N) is 2. The average molecular weight is 413 g/mol. The minimum Gasteiger partial charge on any atom is -0.493 e. The molecule has 2 rings (SSSR count). The molecule has 0 radical (unpaired) electrons. The summed E-state index contributed by atoms with van der Waals surface area (Å²) in [6.45, 7) is 7.64. The number of benzene rings is 1. The summed E-state index contributed by atoms with van der Waals surface area (Å²) < 4.78 is 11.8. The number of thioether (sulfide) groups is 1. The molecule has 1 amide bonds. The minimum absolute atomic E-state index is 0.0151. The second-order valence-corrected chi connectivity index (χ2v) is 6.75. The van der Waals surface area contributed by atoms with E-state index in [1.165, 1.54) is 11.8 Å². The van der Waals surface area contributed by atoms with E-state index in [-0.39, 0.29) is 5.91 Å². The molecule has 1 aliphatic rings. The fraction of sp³-hybridized carbons (Fsp3) is 0.412. The third-order valence-corrected chi connectivity index (χ3v) is 4.97. The molecule has 130 valence electrons. The maximum atomic E-state index is 12.5. The van der Waals surface area contributed by atoms with Gasteiger partial charge < -0.3 is 9.47 Å². The summed E-state index contributed by atoms with van der Waals surface area (Å²) in [5, 5.41) is 0.758. The Kier molecular flexibility index (Phi) is 6.74. The first-order valence-electron chi connectivity index (χ1n) is 7.81. The highest BCUT2D eigenvalue weighted by Gasteiger charge is 2.31. The second-order valence-electron chi connectivity index (χ2n) is 4.88. The minimum atomic E-state index is -0.0151. The summed E-state index contributed by atoms with van der Waals surface area (Å²) in [5.41, 5.74) is 0.867. The van der Waals surface area contributed by atoms with Gasteiger partial charge in [-0.2, -0.15) is 0 Å². The van der Waals surface area contributed by atoms with Gasteiger partial charge in [-0.05, 0) is 72.2 Å². The lowest BCUT2D eigenvalue weighted by atomic mass is 10.2. The van der Waals surface area contributed by atoms with Crippen molar-refractivity contribution in [3.63, 3.8) is 0 Å². The van der Waals surface area contributed by atoms with Crippen molar-refractivity contribution in [3.05, 3.63) is 27.1 Å². The Balaban J connectivity index is 2.39. The van der Waals surface area contributed by atoms with Crippen molar-refractivity contribution in [2.24, 2.45) is 4.99 Å². The number of ether oxygens (including phenoxy) is 2. The van der Waals surface area contributed by atoms with Crippen LogP contribution in [0.3, 0.4) is 0 Å². The van der Waals surface area contributed by atoms with Crippen molar-refractivity contribution < 1.29 is 14.3 Å². The third kappa shape index (κ3) is 3.95. The number of carbonyl (C=O) groups excluding carboxylic acids is 1. The number of hydrogen-bond acceptors (Lipinski definition) is 5. The Morgan fingerprint density at radius 3 is 2.67 bits per heavy atom. The summed E-state index contributed by atoms with van der Waals surface area (Å²) in [6, 6.07) is 3.78. The smallest absolute Gasteiger partial charge is 0.266 e. The van der Waals surface area contributed by atoms with Crippen molar-refractivity contribution in [3.8, 4) is 11.5 Å². The van der Waals surface area contributed by atoms with Crippen LogP contribution in [0.2, 0.25) is 0 Å². The molecule has 7 heteroatoms. The molecule has 0 N–H and O–H groups in total. The molecule has 0 atom stereocenters. The van der Waals surface area contributed by atoms with Gasteiger partial charge in [-0.15, -0.1) is 0 Å². The van der Waals surface area contributed by atoms with Crippen LogP contribution in [0.5, 0.6) is 11.5 Å². The van der Waals surface area contributed by atoms with Crippen LogP contribution in [0.15, 0.2) is 26.5 Å². The van der Waals surface area contributed by atoms with Gasteiger partial charge in [0.1, 0.15) is 0 Å². The van der Waals surface area contributed by atoms with Gasteiger partial charge in [-0.1, -0.05) is 0 Å². The topological polar surface area (TPSA) is 51.1 Å². The number of methoxy groups -OCH3 is 1. The molecule has 0 spiro atoms. The average Bonchev–Trinajstić information content (AvgIpc) is 2.85. The SMILES string of the molecule is CCN=C1S/C(=C/c2cc(Br)c(OCC)c(OC)c2)C(=O)N1CC. The zero-order chi connectivity index (χ0) is 17.7. The first kappa shape index (κ1) is 18.9. The Morgan fingerprint density at radius 1 is 1.33 bits per heavy atom. The number of amides is 1. The highest BCUT2D eigenvalue weighted by Crippen LogP contribution is 2.39. The van der Waals surface area contributed by atoms with E-state index in [0.717, 1.165) is 15.2 Å². The Morgan fingerprint density at radius 2 is 2.08 bits per heavy atom. The van der Waals surface area contributed by atoms with E-state index in [4.69, 9.17) is 9.47 Å². The van der Waals surface area contributed by atoms with Crippen LogP contribution < -0.4 is 9.47 Å². The van der Waals surface area contributed by atoms with Crippen LogP contribution in [0.25, 0.3) is 6.08 Å². The Labute approximate surface area is 155 Å². The molecule has 5 nitrogen and oxygen atoms in total. The number of rotatable bonds is 6. The van der Waals surface area contributed by atoms with Crippen LogP contribution in [0.1, 0.15) is 26.3 Å². The molecule has 0 aliphatic carbocycles. The van der Waals surface area contributed by atoms with Gasteiger partial charge in [-0.3, -0.25) is 14.7 Å². The number of amidine groups is 1. The molecular formula is C17H21BrN2O3S. The van der Waals surface area contributed by atoms with Gasteiger partial charge in [0.05, 0.1) is 23.1 Å². The molecule has 0 unspecified atom stereocenters. The van der Waals surface area contributed by atoms with Crippen molar-refractivity contribution in [1.29, 1.82) is 0 Å². The maximum Gasteiger partial charge on any atom is 0.266 e. The first-order valence-corrected chi connectivity index (χ1v) is 9.42. The molecule has 24 heavy (non-hydrogen) atoms. The highest BCUT2D eigenvalue weighted by molar-refractivity contribution is 9.10. The fourth-order valence-corrected chi connectivity index (χ4v) is 3.98. The summed E-state index contributed by atoms with van der Waals surface area (Å²) in [7, 11) is 1.60. The Bertz CT molecular complexity index is 689. The second kappa shape index (κ2) is 8.58. The van der Waals surface area contributed by atoms with Gasteiger partial charge in [0.15, 0.2) is 16.7 Å². The van der Waals surface area contributed by atoms with Crippen LogP contribution in [0, 0.1) is 0 Å². The van der Waals surface area contributed by atoms with Gasteiger partial charge in [0.25, 0.3) is 5.91 Å². The molecule has 0 aromatic heterocycles. The number of aliphatic imine (C=N–C) groups is 1. The molecule has 1 fully saturated rings. The molecule has 1 saturated heterocycles. The summed E-state index contributed by atoms with van der Waals surface area (Å²) in [5.74, 6) is 1.28. The standard InChI is InChI=1S/C17H21BrN2O3S/c1-5-19-17-20(6-2)16(21)14(24-17)10-11-8-12(18)15(23-7-3)13(9-11)22-4/h8-10H,5-7H2,1-4H3/b14-10+,19-17?. The number of carbonyl (C=O) groups is 1. The third-order valence-electron chi connectivity index (χ3n) is 3.34. The quantitative estimate of drug-likeness (QED) is 0.657. The maximum absolute atomic E-state index is 12.5. The predicted molar refractivity (Wildman–Crippen MR) is 103 cm³/mol. The molecule has 1 heterocycles. The molecule has 1 aliphatic heterocycles. The van der Waals surface area contributed by atoms with Gasteiger partial charge in [-0.25, -0.2) is 0 Å². The van der Waals surface area contributed by atoms with E-state index in [1.807, 2.05) is 39.0 Å². The summed E-state index contributed by atoms with van der Waals surface area (Å²) in [6.07, 6.45) is 1.86. The normalized spacial score (nSPS) is 17.9. The van der Waals surface area contributed by atoms with E-state index >= 15 is 0 Å². The van der Waals surface area contributed by atoms with E-state index in [9.17, 15) is 4.79 Å². The zero-order valence-electron chi connectivity index (χ0n) is 14.3. The summed E-state index contributed by atoms with van der Waals surface area (Å²) in [4.78, 5) is 19.3.